The van der Waals surface area contributed by atoms with Crippen LogP contribution in [-0.2, 0) is 9.53 Å². The summed E-state index contributed by atoms with van der Waals surface area (Å²) in [7, 11) is 0. The van der Waals surface area contributed by atoms with Gasteiger partial charge in [-0.1, -0.05) is 47.5 Å². The van der Waals surface area contributed by atoms with Gasteiger partial charge in [-0.25, -0.2) is 4.79 Å². The predicted octanol–water partition coefficient (Wildman–Crippen LogP) is 4.46. The Kier molecular flexibility index (Phi) is 3.51. The summed E-state index contributed by atoms with van der Waals surface area (Å²) in [4.78, 5) is 12.0. The van der Waals surface area contributed by atoms with Gasteiger partial charge in [0.1, 0.15) is 6.61 Å². The lowest BCUT2D eigenvalue weighted by molar-refractivity contribution is -0.133. The number of carbonyl (C=O) groups is 1. The van der Waals surface area contributed by atoms with Crippen molar-refractivity contribution in [2.45, 2.75) is 0 Å². The highest BCUT2D eigenvalue weighted by Crippen LogP contribution is 2.33. The zero-order valence-electron chi connectivity index (χ0n) is 10.4. The predicted molar refractivity (Wildman–Crippen MR) is 80.7 cm³/mol. The fraction of sp³-hybridized carbons (Fsp3) is 0.0625. The topological polar surface area (TPSA) is 26.3 Å². The van der Waals surface area contributed by atoms with E-state index in [1.165, 1.54) is 0 Å². The zero-order valence-corrected chi connectivity index (χ0v) is 11.9. The molecule has 1 heterocycles. The molecule has 0 unspecified atom stereocenters. The van der Waals surface area contributed by atoms with Crippen molar-refractivity contribution in [2.75, 3.05) is 6.61 Å². The van der Waals surface area contributed by atoms with Crippen molar-refractivity contribution in [1.82, 2.24) is 0 Å². The van der Waals surface area contributed by atoms with E-state index in [2.05, 4.69) is 0 Å². The normalized spacial score (nSPS) is 14.6. The molecule has 0 radical (unpaired) electrons. The number of rotatable bonds is 2. The molecular formula is C16H10Cl2O2. The molecule has 1 aliphatic heterocycles. The average molecular weight is 305 g/mol. The minimum atomic E-state index is -0.308. The zero-order chi connectivity index (χ0) is 14.1. The van der Waals surface area contributed by atoms with Gasteiger partial charge in [0.05, 0.1) is 5.57 Å². The third kappa shape index (κ3) is 2.45. The maximum atomic E-state index is 12.0. The van der Waals surface area contributed by atoms with Gasteiger partial charge in [0, 0.05) is 15.6 Å². The van der Waals surface area contributed by atoms with Crippen LogP contribution in [0.1, 0.15) is 11.1 Å². The Morgan fingerprint density at radius 3 is 1.85 bits per heavy atom. The maximum absolute atomic E-state index is 12.0. The largest absolute Gasteiger partial charge is 0.457 e. The van der Waals surface area contributed by atoms with Crippen LogP contribution in [-0.4, -0.2) is 12.6 Å². The molecule has 0 fully saturated rings. The Morgan fingerprint density at radius 1 is 0.800 bits per heavy atom. The molecule has 100 valence electrons. The Balaban J connectivity index is 2.12. The first-order valence-electron chi connectivity index (χ1n) is 6.07. The maximum Gasteiger partial charge on any atom is 0.339 e. The van der Waals surface area contributed by atoms with Crippen LogP contribution in [0.2, 0.25) is 10.0 Å². The van der Waals surface area contributed by atoms with E-state index >= 15 is 0 Å². The van der Waals surface area contributed by atoms with Crippen LogP contribution in [0, 0.1) is 0 Å². The van der Waals surface area contributed by atoms with Crippen LogP contribution in [0.25, 0.3) is 11.1 Å². The highest BCUT2D eigenvalue weighted by molar-refractivity contribution is 6.31. The van der Waals surface area contributed by atoms with Crippen LogP contribution in [0.4, 0.5) is 0 Å². The number of hydrogen-bond donors (Lipinski definition) is 0. The van der Waals surface area contributed by atoms with Crippen LogP contribution >= 0.6 is 23.2 Å². The molecule has 4 heteroatoms. The molecule has 0 amide bonds. The molecule has 0 atom stereocenters. The van der Waals surface area contributed by atoms with Crippen LogP contribution < -0.4 is 0 Å². The molecule has 3 rings (SSSR count). The van der Waals surface area contributed by atoms with Gasteiger partial charge in [0.15, 0.2) is 0 Å². The summed E-state index contributed by atoms with van der Waals surface area (Å²) in [6.45, 7) is 0.276. The lowest BCUT2D eigenvalue weighted by Crippen LogP contribution is -1.98. The molecule has 20 heavy (non-hydrogen) atoms. The molecule has 0 bridgehead atoms. The summed E-state index contributed by atoms with van der Waals surface area (Å²) in [6, 6.07) is 14.5. The number of cyclic esters (lactones) is 1. The average Bonchev–Trinajstić information content (AvgIpc) is 2.83. The van der Waals surface area contributed by atoms with Gasteiger partial charge in [-0.15, -0.1) is 0 Å². The number of ether oxygens (including phenoxy) is 1. The third-order valence-corrected chi connectivity index (χ3v) is 3.68. The van der Waals surface area contributed by atoms with Crippen molar-refractivity contribution in [2.24, 2.45) is 0 Å². The fourth-order valence-corrected chi connectivity index (χ4v) is 2.44. The lowest BCUT2D eigenvalue weighted by Gasteiger charge is -2.05. The fourth-order valence-electron chi connectivity index (χ4n) is 2.19. The van der Waals surface area contributed by atoms with Gasteiger partial charge in [0.2, 0.25) is 0 Å². The van der Waals surface area contributed by atoms with Crippen LogP contribution in [0.3, 0.4) is 0 Å². The van der Waals surface area contributed by atoms with Crippen molar-refractivity contribution in [3.8, 4) is 0 Å². The lowest BCUT2D eigenvalue weighted by atomic mass is 9.97. The molecule has 2 aromatic rings. The Hall–Kier alpha value is -1.77. The van der Waals surface area contributed by atoms with Gasteiger partial charge in [-0.2, -0.15) is 0 Å². The summed E-state index contributed by atoms with van der Waals surface area (Å²) in [5.74, 6) is -0.308. The summed E-state index contributed by atoms with van der Waals surface area (Å²) < 4.78 is 5.17. The minimum Gasteiger partial charge on any atom is -0.457 e. The van der Waals surface area contributed by atoms with Crippen LogP contribution in [0.15, 0.2) is 48.5 Å². The quantitative estimate of drug-likeness (QED) is 0.766. The summed E-state index contributed by atoms with van der Waals surface area (Å²) in [5.41, 5.74) is 3.20. The molecule has 0 aliphatic carbocycles. The smallest absolute Gasteiger partial charge is 0.339 e. The highest BCUT2D eigenvalue weighted by Gasteiger charge is 2.26. The summed E-state index contributed by atoms with van der Waals surface area (Å²) >= 11 is 11.8. The van der Waals surface area contributed by atoms with Crippen LogP contribution in [0.5, 0.6) is 0 Å². The Morgan fingerprint density at radius 2 is 1.30 bits per heavy atom. The highest BCUT2D eigenvalue weighted by atomic mass is 35.5. The van der Waals surface area contributed by atoms with Gasteiger partial charge in [-0.3, -0.25) is 0 Å². The second-order valence-electron chi connectivity index (χ2n) is 4.44. The first kappa shape index (κ1) is 13.2. The number of carbonyl (C=O) groups excluding carboxylic acids is 1. The van der Waals surface area contributed by atoms with Gasteiger partial charge < -0.3 is 4.74 Å². The first-order chi connectivity index (χ1) is 9.65. The number of hydrogen-bond acceptors (Lipinski definition) is 2. The van der Waals surface area contributed by atoms with Crippen molar-refractivity contribution in [3.63, 3.8) is 0 Å². The van der Waals surface area contributed by atoms with E-state index in [0.717, 1.165) is 16.7 Å². The molecule has 1 aliphatic rings. The molecular weight excluding hydrogens is 295 g/mol. The molecule has 0 saturated heterocycles. The van der Waals surface area contributed by atoms with Crippen molar-refractivity contribution >= 4 is 40.3 Å². The van der Waals surface area contributed by atoms with E-state index in [4.69, 9.17) is 27.9 Å². The number of benzene rings is 2. The summed E-state index contributed by atoms with van der Waals surface area (Å²) in [6.07, 6.45) is 0. The monoisotopic (exact) mass is 304 g/mol. The third-order valence-electron chi connectivity index (χ3n) is 3.18. The second-order valence-corrected chi connectivity index (χ2v) is 5.32. The molecule has 0 N–H and O–H groups in total. The van der Waals surface area contributed by atoms with Gasteiger partial charge in [-0.05, 0) is 35.4 Å². The van der Waals surface area contributed by atoms with Gasteiger partial charge >= 0.3 is 5.97 Å². The van der Waals surface area contributed by atoms with E-state index in [0.29, 0.717) is 15.6 Å². The SMILES string of the molecule is O=C1OCC(c2ccc(Cl)cc2)=C1c1ccc(Cl)cc1. The Bertz CT molecular complexity index is 685. The first-order valence-corrected chi connectivity index (χ1v) is 6.83. The Labute approximate surface area is 126 Å². The molecule has 2 aromatic carbocycles. The molecule has 0 saturated carbocycles. The summed E-state index contributed by atoms with van der Waals surface area (Å²) in [5, 5.41) is 1.29. The molecule has 0 spiro atoms. The van der Waals surface area contributed by atoms with E-state index < -0.39 is 0 Å². The minimum absolute atomic E-state index is 0.276. The standard InChI is InChI=1S/C16H10Cl2O2/c17-12-5-1-10(2-6-12)14-9-20-16(19)15(14)11-3-7-13(18)8-4-11/h1-8H,9H2. The second kappa shape index (κ2) is 5.31. The number of esters is 1. The van der Waals surface area contributed by atoms with Crippen molar-refractivity contribution in [3.05, 3.63) is 69.7 Å². The molecule has 0 aromatic heterocycles. The van der Waals surface area contributed by atoms with Gasteiger partial charge in [0.25, 0.3) is 0 Å². The van der Waals surface area contributed by atoms with Crippen molar-refractivity contribution < 1.29 is 9.53 Å². The van der Waals surface area contributed by atoms with E-state index in [1.807, 2.05) is 24.3 Å². The van der Waals surface area contributed by atoms with Crippen molar-refractivity contribution in [1.29, 1.82) is 0 Å². The van der Waals surface area contributed by atoms with E-state index in [-0.39, 0.29) is 12.6 Å². The van der Waals surface area contributed by atoms with E-state index in [1.54, 1.807) is 24.3 Å². The van der Waals surface area contributed by atoms with E-state index in [9.17, 15) is 4.79 Å². The number of halogens is 2. The molecule has 2 nitrogen and oxygen atoms in total.